The molecule has 1 aromatic carbocycles. The maximum Gasteiger partial charge on any atom is 0.247 e. The molecule has 0 fully saturated rings. The number of nitrogens with zero attached hydrogens (tertiary/aromatic N) is 4. The van der Waals surface area contributed by atoms with Crippen molar-refractivity contribution >= 4 is 6.08 Å². The highest BCUT2D eigenvalue weighted by molar-refractivity contribution is 5.64. The Balaban J connectivity index is 2.29. The van der Waals surface area contributed by atoms with Crippen LogP contribution >= 0.6 is 0 Å². The summed E-state index contributed by atoms with van der Waals surface area (Å²) in [6, 6.07) is 10.8. The van der Waals surface area contributed by atoms with Gasteiger partial charge >= 0.3 is 0 Å². The summed E-state index contributed by atoms with van der Waals surface area (Å²) in [6.45, 7) is 1.72. The van der Waals surface area contributed by atoms with E-state index in [1.165, 1.54) is 6.08 Å². The van der Waals surface area contributed by atoms with Crippen LogP contribution in [-0.2, 0) is 0 Å². The van der Waals surface area contributed by atoms with Gasteiger partial charge in [-0.05, 0) is 23.8 Å². The molecule has 0 unspecified atom stereocenters. The molecule has 2 aromatic rings. The zero-order valence-electron chi connectivity index (χ0n) is 9.58. The Labute approximate surface area is 104 Å². The number of benzene rings is 1. The Bertz CT molecular complexity index is 652. The number of rotatable bonds is 2. The fraction of sp³-hybridized carbons (Fsp3) is 0.0769. The van der Waals surface area contributed by atoms with Crippen molar-refractivity contribution in [1.82, 2.24) is 10.2 Å². The zero-order valence-corrected chi connectivity index (χ0v) is 9.58. The van der Waals surface area contributed by atoms with Crippen molar-refractivity contribution in [2.45, 2.75) is 6.92 Å². The van der Waals surface area contributed by atoms with Crippen LogP contribution in [-0.4, -0.2) is 10.2 Å². The van der Waals surface area contributed by atoms with Gasteiger partial charge < -0.3 is 4.42 Å². The minimum atomic E-state index is 0.0661. The normalized spacial score (nSPS) is 9.28. The van der Waals surface area contributed by atoms with Gasteiger partial charge in [-0.15, -0.1) is 10.2 Å². The smallest absolute Gasteiger partial charge is 0.247 e. The summed E-state index contributed by atoms with van der Waals surface area (Å²) < 4.78 is 5.29. The van der Waals surface area contributed by atoms with Crippen molar-refractivity contribution in [1.29, 1.82) is 10.5 Å². The van der Waals surface area contributed by atoms with Crippen LogP contribution in [0.4, 0.5) is 0 Å². The third-order valence-electron chi connectivity index (χ3n) is 2.24. The molecule has 0 bridgehead atoms. The predicted octanol–water partition coefficient (Wildman–Crippen LogP) is 2.48. The molecule has 86 valence electrons. The van der Waals surface area contributed by atoms with Crippen molar-refractivity contribution in [2.24, 2.45) is 0 Å². The number of nitriles is 2. The Morgan fingerprint density at radius 2 is 1.83 bits per heavy atom. The summed E-state index contributed by atoms with van der Waals surface area (Å²) in [5.74, 6) is 0.953. The molecule has 0 aliphatic carbocycles. The molecule has 1 aromatic heterocycles. The fourth-order valence-electron chi connectivity index (χ4n) is 1.39. The molecule has 0 aliphatic heterocycles. The number of hydrogen-bond acceptors (Lipinski definition) is 5. The van der Waals surface area contributed by atoms with E-state index in [0.717, 1.165) is 11.1 Å². The summed E-state index contributed by atoms with van der Waals surface area (Å²) in [5, 5.41) is 24.9. The molecule has 0 saturated carbocycles. The second-order valence-electron chi connectivity index (χ2n) is 3.53. The number of aromatic nitrogens is 2. The van der Waals surface area contributed by atoms with Crippen LogP contribution in [0.3, 0.4) is 0 Å². The van der Waals surface area contributed by atoms with Gasteiger partial charge in [-0.3, -0.25) is 0 Å². The number of allylic oxidation sites excluding steroid dienone is 1. The third-order valence-corrected chi connectivity index (χ3v) is 2.24. The minimum Gasteiger partial charge on any atom is -0.421 e. The van der Waals surface area contributed by atoms with Crippen LogP contribution in [0.15, 0.2) is 34.3 Å². The van der Waals surface area contributed by atoms with Crippen molar-refractivity contribution in [3.05, 3.63) is 41.3 Å². The van der Waals surface area contributed by atoms with Crippen LogP contribution in [0.25, 0.3) is 17.5 Å². The van der Waals surface area contributed by atoms with Gasteiger partial charge in [0.25, 0.3) is 0 Å². The van der Waals surface area contributed by atoms with Gasteiger partial charge in [0, 0.05) is 12.5 Å². The summed E-state index contributed by atoms with van der Waals surface area (Å²) >= 11 is 0. The van der Waals surface area contributed by atoms with Gasteiger partial charge in [-0.25, -0.2) is 0 Å². The first-order chi connectivity index (χ1) is 8.72. The van der Waals surface area contributed by atoms with Gasteiger partial charge in [-0.1, -0.05) is 12.1 Å². The topological polar surface area (TPSA) is 86.5 Å². The summed E-state index contributed by atoms with van der Waals surface area (Å²) in [7, 11) is 0. The molecular formula is C13H8N4O. The van der Waals surface area contributed by atoms with E-state index >= 15 is 0 Å². The Hall–Kier alpha value is -2.92. The molecule has 2 rings (SSSR count). The van der Waals surface area contributed by atoms with E-state index in [-0.39, 0.29) is 5.57 Å². The molecule has 5 heteroatoms. The van der Waals surface area contributed by atoms with E-state index in [9.17, 15) is 0 Å². The molecule has 0 radical (unpaired) electrons. The van der Waals surface area contributed by atoms with Crippen molar-refractivity contribution in [2.75, 3.05) is 0 Å². The standard InChI is InChI=1S/C13H8N4O/c1-9-16-17-13(18-9)12-4-2-10(3-5-12)6-11(7-14)8-15/h2-6H,1H3. The first-order valence-electron chi connectivity index (χ1n) is 5.15. The van der Waals surface area contributed by atoms with Crippen LogP contribution in [0, 0.1) is 29.6 Å². The van der Waals surface area contributed by atoms with E-state index in [4.69, 9.17) is 14.9 Å². The lowest BCUT2D eigenvalue weighted by molar-refractivity contribution is 0.533. The lowest BCUT2D eigenvalue weighted by Crippen LogP contribution is -1.80. The number of aryl methyl sites for hydroxylation is 1. The quantitative estimate of drug-likeness (QED) is 0.747. The van der Waals surface area contributed by atoms with E-state index in [1.807, 2.05) is 12.1 Å². The molecule has 5 nitrogen and oxygen atoms in total. The predicted molar refractivity (Wildman–Crippen MR) is 63.7 cm³/mol. The van der Waals surface area contributed by atoms with Crippen LogP contribution in [0.2, 0.25) is 0 Å². The molecule has 1 heterocycles. The van der Waals surface area contributed by atoms with Crippen molar-refractivity contribution in [3.8, 4) is 23.6 Å². The zero-order chi connectivity index (χ0) is 13.0. The van der Waals surface area contributed by atoms with Gasteiger partial charge in [0.2, 0.25) is 11.8 Å². The summed E-state index contributed by atoms with van der Waals surface area (Å²) in [4.78, 5) is 0. The largest absolute Gasteiger partial charge is 0.421 e. The van der Waals surface area contributed by atoms with Gasteiger partial charge in [-0.2, -0.15) is 10.5 Å². The first-order valence-corrected chi connectivity index (χ1v) is 5.15. The van der Waals surface area contributed by atoms with Gasteiger partial charge in [0.1, 0.15) is 17.7 Å². The molecule has 0 saturated heterocycles. The van der Waals surface area contributed by atoms with Gasteiger partial charge in [0.05, 0.1) is 0 Å². The minimum absolute atomic E-state index is 0.0661. The highest BCUT2D eigenvalue weighted by atomic mass is 16.4. The highest BCUT2D eigenvalue weighted by Gasteiger charge is 2.05. The Morgan fingerprint density at radius 1 is 1.17 bits per heavy atom. The first kappa shape index (κ1) is 11.6. The SMILES string of the molecule is Cc1nnc(-c2ccc(C=C(C#N)C#N)cc2)o1. The maximum absolute atomic E-state index is 8.65. The van der Waals surface area contributed by atoms with Crippen LogP contribution in [0.1, 0.15) is 11.5 Å². The van der Waals surface area contributed by atoms with Gasteiger partial charge in [0.15, 0.2) is 0 Å². The maximum atomic E-state index is 8.65. The molecular weight excluding hydrogens is 228 g/mol. The molecule has 0 N–H and O–H groups in total. The Kier molecular flexibility index (Phi) is 3.17. The van der Waals surface area contributed by atoms with E-state index in [0.29, 0.717) is 11.8 Å². The third kappa shape index (κ3) is 2.42. The van der Waals surface area contributed by atoms with E-state index in [2.05, 4.69) is 10.2 Å². The number of hydrogen-bond donors (Lipinski definition) is 0. The average Bonchev–Trinajstić information content (AvgIpc) is 2.83. The van der Waals surface area contributed by atoms with Crippen LogP contribution < -0.4 is 0 Å². The highest BCUT2D eigenvalue weighted by Crippen LogP contribution is 2.19. The van der Waals surface area contributed by atoms with E-state index in [1.54, 1.807) is 31.2 Å². The molecule has 0 atom stereocenters. The molecule has 18 heavy (non-hydrogen) atoms. The second-order valence-corrected chi connectivity index (χ2v) is 3.53. The van der Waals surface area contributed by atoms with Crippen molar-refractivity contribution in [3.63, 3.8) is 0 Å². The van der Waals surface area contributed by atoms with E-state index < -0.39 is 0 Å². The monoisotopic (exact) mass is 236 g/mol. The summed E-state index contributed by atoms with van der Waals surface area (Å²) in [6.07, 6.45) is 1.52. The second kappa shape index (κ2) is 4.94. The van der Waals surface area contributed by atoms with Crippen molar-refractivity contribution < 1.29 is 4.42 Å². The van der Waals surface area contributed by atoms with Crippen LogP contribution in [0.5, 0.6) is 0 Å². The summed E-state index contributed by atoms with van der Waals surface area (Å²) in [5.41, 5.74) is 1.63. The lowest BCUT2D eigenvalue weighted by Gasteiger charge is -1.96. The fourth-order valence-corrected chi connectivity index (χ4v) is 1.39. The lowest BCUT2D eigenvalue weighted by atomic mass is 10.1. The molecule has 0 amide bonds. The Morgan fingerprint density at radius 3 is 2.33 bits per heavy atom. The molecule has 0 spiro atoms. The average molecular weight is 236 g/mol. The molecule has 0 aliphatic rings.